The number of fused-ring (bicyclic) bond motifs is 1. The molecule has 0 saturated heterocycles. The SMILES string of the molecule is COC(=O)c1ccc2c(c1)CCCC2n1cc(C[C@@H]2C(=O)NC=CN2S(=O)(=O)c2ccc(Cl)c(Cl)c2)nn1. The molecule has 0 saturated carbocycles. The number of amides is 1. The van der Waals surface area contributed by atoms with Crippen molar-refractivity contribution in [3.63, 3.8) is 0 Å². The van der Waals surface area contributed by atoms with Crippen LogP contribution in [0.1, 0.15) is 46.1 Å². The lowest BCUT2D eigenvalue weighted by atomic mass is 9.86. The summed E-state index contributed by atoms with van der Waals surface area (Å²) < 4.78 is 34.4. The van der Waals surface area contributed by atoms with E-state index in [1.807, 2.05) is 12.1 Å². The zero-order chi connectivity index (χ0) is 27.0. The van der Waals surface area contributed by atoms with E-state index in [9.17, 15) is 18.0 Å². The molecule has 38 heavy (non-hydrogen) atoms. The summed E-state index contributed by atoms with van der Waals surface area (Å²) in [5.74, 6) is -0.887. The Hall–Kier alpha value is -3.41. The third-order valence-corrected chi connectivity index (χ3v) is 9.17. The fraction of sp³-hybridized carbons (Fsp3) is 0.280. The molecule has 2 aliphatic rings. The lowest BCUT2D eigenvalue weighted by Gasteiger charge is -2.31. The van der Waals surface area contributed by atoms with Crippen LogP contribution in [0, 0.1) is 0 Å². The van der Waals surface area contributed by atoms with Crippen molar-refractivity contribution < 1.29 is 22.7 Å². The summed E-state index contributed by atoms with van der Waals surface area (Å²) in [6, 6.07) is 8.25. The number of methoxy groups -OCH3 is 1. The first-order valence-corrected chi connectivity index (χ1v) is 14.0. The van der Waals surface area contributed by atoms with Gasteiger partial charge in [-0.15, -0.1) is 5.10 Å². The number of nitrogens with zero attached hydrogens (tertiary/aromatic N) is 4. The van der Waals surface area contributed by atoms with Crippen molar-refractivity contribution in [2.45, 2.75) is 42.7 Å². The molecule has 13 heteroatoms. The molecule has 1 aromatic heterocycles. The average Bonchev–Trinajstić information content (AvgIpc) is 3.38. The molecule has 0 bridgehead atoms. The molecule has 10 nitrogen and oxygen atoms in total. The standard InChI is InChI=1S/C25H23Cl2N5O5S/c1-37-25(34)16-5-7-19-15(11-16)3-2-4-22(19)31-14-17(29-30-31)12-23-24(33)28-9-10-32(23)38(35,36)18-6-8-20(26)21(27)13-18/h5-11,13-14,22-23H,2-4,12H2,1H3,(H,28,33)/t22?,23-/m1/s1. The summed E-state index contributed by atoms with van der Waals surface area (Å²) in [5.41, 5.74) is 3.01. The van der Waals surface area contributed by atoms with Gasteiger partial charge in [-0.3, -0.25) is 9.10 Å². The van der Waals surface area contributed by atoms with Crippen LogP contribution in [-0.2, 0) is 32.4 Å². The smallest absolute Gasteiger partial charge is 0.337 e. The van der Waals surface area contributed by atoms with Crippen molar-refractivity contribution in [1.29, 1.82) is 0 Å². The number of hydrogen-bond acceptors (Lipinski definition) is 7. The topological polar surface area (TPSA) is 123 Å². The van der Waals surface area contributed by atoms with E-state index in [4.69, 9.17) is 27.9 Å². The molecule has 1 aliphatic heterocycles. The number of carbonyl (C=O) groups is 2. The fourth-order valence-corrected chi connectivity index (χ4v) is 6.60. The van der Waals surface area contributed by atoms with Gasteiger partial charge in [0.15, 0.2) is 0 Å². The number of benzene rings is 2. The molecule has 0 spiro atoms. The normalized spacial score (nSPS) is 19.1. The highest BCUT2D eigenvalue weighted by Gasteiger charge is 2.36. The third kappa shape index (κ3) is 4.89. The Labute approximate surface area is 229 Å². The van der Waals surface area contributed by atoms with Crippen LogP contribution in [-0.4, -0.2) is 52.7 Å². The maximum Gasteiger partial charge on any atom is 0.337 e. The van der Waals surface area contributed by atoms with E-state index in [1.54, 1.807) is 16.9 Å². The van der Waals surface area contributed by atoms with Gasteiger partial charge in [0.2, 0.25) is 5.91 Å². The van der Waals surface area contributed by atoms with E-state index in [2.05, 4.69) is 15.6 Å². The Bertz CT molecular complexity index is 1560. The summed E-state index contributed by atoms with van der Waals surface area (Å²) in [6.45, 7) is 0. The van der Waals surface area contributed by atoms with E-state index in [-0.39, 0.29) is 27.4 Å². The largest absolute Gasteiger partial charge is 0.465 e. The minimum Gasteiger partial charge on any atom is -0.465 e. The molecule has 5 rings (SSSR count). The van der Waals surface area contributed by atoms with Gasteiger partial charge in [0.1, 0.15) is 6.04 Å². The molecule has 2 atom stereocenters. The summed E-state index contributed by atoms with van der Waals surface area (Å²) in [4.78, 5) is 24.6. The average molecular weight is 576 g/mol. The number of aromatic nitrogens is 3. The lowest BCUT2D eigenvalue weighted by molar-refractivity contribution is -0.124. The fourth-order valence-electron chi connectivity index (χ4n) is 4.76. The molecule has 1 aliphatic carbocycles. The van der Waals surface area contributed by atoms with Gasteiger partial charge in [-0.1, -0.05) is 34.5 Å². The third-order valence-electron chi connectivity index (χ3n) is 6.65. The van der Waals surface area contributed by atoms with Gasteiger partial charge in [-0.2, -0.15) is 0 Å². The van der Waals surface area contributed by atoms with Crippen LogP contribution in [0.2, 0.25) is 10.0 Å². The number of aryl methyl sites for hydroxylation is 1. The number of hydrogen-bond donors (Lipinski definition) is 1. The Kier molecular flexibility index (Phi) is 7.17. The molecule has 3 aromatic rings. The molecule has 0 radical (unpaired) electrons. The van der Waals surface area contributed by atoms with Crippen molar-refractivity contribution in [3.05, 3.63) is 87.4 Å². The number of ether oxygens (including phenoxy) is 1. The number of esters is 1. The molecule has 1 amide bonds. The highest BCUT2D eigenvalue weighted by Crippen LogP contribution is 2.34. The van der Waals surface area contributed by atoms with Gasteiger partial charge in [-0.05, 0) is 60.7 Å². The van der Waals surface area contributed by atoms with Gasteiger partial charge < -0.3 is 10.1 Å². The maximum atomic E-state index is 13.4. The minimum atomic E-state index is -4.12. The van der Waals surface area contributed by atoms with Gasteiger partial charge in [0.05, 0.1) is 39.3 Å². The van der Waals surface area contributed by atoms with Crippen LogP contribution < -0.4 is 5.32 Å². The van der Waals surface area contributed by atoms with Crippen molar-refractivity contribution in [1.82, 2.24) is 24.6 Å². The van der Waals surface area contributed by atoms with Crippen LogP contribution in [0.15, 0.2) is 59.9 Å². The molecule has 1 unspecified atom stereocenters. The minimum absolute atomic E-state index is 0.00240. The second-order valence-corrected chi connectivity index (χ2v) is 11.6. The highest BCUT2D eigenvalue weighted by atomic mass is 35.5. The number of carbonyl (C=O) groups excluding carboxylic acids is 2. The second-order valence-electron chi connectivity index (χ2n) is 8.96. The first-order chi connectivity index (χ1) is 18.2. The van der Waals surface area contributed by atoms with Crippen LogP contribution in [0.5, 0.6) is 0 Å². The van der Waals surface area contributed by atoms with Crippen LogP contribution in [0.4, 0.5) is 0 Å². The molecule has 2 heterocycles. The first kappa shape index (κ1) is 26.2. The van der Waals surface area contributed by atoms with E-state index < -0.39 is 27.9 Å². The quantitative estimate of drug-likeness (QED) is 0.446. The zero-order valence-corrected chi connectivity index (χ0v) is 22.5. The van der Waals surface area contributed by atoms with Crippen LogP contribution >= 0.6 is 23.2 Å². The predicted octanol–water partition coefficient (Wildman–Crippen LogP) is 3.50. The molecule has 2 aromatic carbocycles. The summed E-state index contributed by atoms with van der Waals surface area (Å²) in [6.07, 6.45) is 6.83. The number of sulfonamides is 1. The second kappa shape index (κ2) is 10.4. The van der Waals surface area contributed by atoms with Crippen molar-refractivity contribution in [2.24, 2.45) is 0 Å². The van der Waals surface area contributed by atoms with E-state index in [1.165, 1.54) is 37.7 Å². The maximum absolute atomic E-state index is 13.4. The Morgan fingerprint density at radius 2 is 2.00 bits per heavy atom. The highest BCUT2D eigenvalue weighted by molar-refractivity contribution is 7.89. The molecular formula is C25H23Cl2N5O5S. The summed E-state index contributed by atoms with van der Waals surface area (Å²) >= 11 is 12.0. The Balaban J connectivity index is 1.41. The Morgan fingerprint density at radius 1 is 1.18 bits per heavy atom. The first-order valence-electron chi connectivity index (χ1n) is 11.8. The van der Waals surface area contributed by atoms with Crippen molar-refractivity contribution in [3.8, 4) is 0 Å². The lowest BCUT2D eigenvalue weighted by Crippen LogP contribution is -2.50. The number of halogens is 2. The number of nitrogens with one attached hydrogen (secondary N) is 1. The van der Waals surface area contributed by atoms with Crippen LogP contribution in [0.25, 0.3) is 0 Å². The van der Waals surface area contributed by atoms with Crippen molar-refractivity contribution in [2.75, 3.05) is 7.11 Å². The summed E-state index contributed by atoms with van der Waals surface area (Å²) in [5, 5.41) is 11.4. The van der Waals surface area contributed by atoms with Gasteiger partial charge in [-0.25, -0.2) is 17.9 Å². The van der Waals surface area contributed by atoms with E-state index >= 15 is 0 Å². The molecular weight excluding hydrogens is 553 g/mol. The zero-order valence-electron chi connectivity index (χ0n) is 20.2. The van der Waals surface area contributed by atoms with E-state index in [0.717, 1.165) is 34.7 Å². The number of rotatable bonds is 6. The van der Waals surface area contributed by atoms with Gasteiger partial charge in [0, 0.05) is 25.0 Å². The molecule has 0 fully saturated rings. The predicted molar refractivity (Wildman–Crippen MR) is 139 cm³/mol. The Morgan fingerprint density at radius 3 is 2.76 bits per heavy atom. The summed E-state index contributed by atoms with van der Waals surface area (Å²) in [7, 11) is -2.77. The van der Waals surface area contributed by atoms with Gasteiger partial charge >= 0.3 is 5.97 Å². The van der Waals surface area contributed by atoms with Crippen LogP contribution in [0.3, 0.4) is 0 Å². The van der Waals surface area contributed by atoms with E-state index in [0.29, 0.717) is 11.3 Å². The molecule has 198 valence electrons. The van der Waals surface area contributed by atoms with Crippen molar-refractivity contribution >= 4 is 45.1 Å². The molecule has 1 N–H and O–H groups in total. The monoisotopic (exact) mass is 575 g/mol. The van der Waals surface area contributed by atoms with Gasteiger partial charge in [0.25, 0.3) is 10.0 Å².